The van der Waals surface area contributed by atoms with Crippen molar-refractivity contribution in [1.29, 1.82) is 0 Å². The predicted octanol–water partition coefficient (Wildman–Crippen LogP) is 6.07. The zero-order valence-electron chi connectivity index (χ0n) is 20.3. The molecular weight excluding hydrogens is 429 g/mol. The molecule has 5 nitrogen and oxygen atoms in total. The van der Waals surface area contributed by atoms with E-state index in [0.29, 0.717) is 19.3 Å². The highest BCUT2D eigenvalue weighted by Crippen LogP contribution is 2.40. The number of aryl methyl sites for hydroxylation is 1. The number of piperidine rings is 1. The van der Waals surface area contributed by atoms with Crippen LogP contribution in [-0.4, -0.2) is 42.2 Å². The molecule has 1 fully saturated rings. The third-order valence-electron chi connectivity index (χ3n) is 6.12. The van der Waals surface area contributed by atoms with Crippen molar-refractivity contribution in [2.45, 2.75) is 46.2 Å². The summed E-state index contributed by atoms with van der Waals surface area (Å²) in [4.78, 5) is 6.76. The molecule has 0 saturated carbocycles. The lowest BCUT2D eigenvalue weighted by atomic mass is 9.99. The van der Waals surface area contributed by atoms with Gasteiger partial charge in [0.05, 0.1) is 18.8 Å². The van der Waals surface area contributed by atoms with Crippen LogP contribution < -0.4 is 14.8 Å². The number of nitrogens with one attached hydrogen (secondary N) is 1. The van der Waals surface area contributed by atoms with Crippen molar-refractivity contribution in [2.24, 2.45) is 0 Å². The van der Waals surface area contributed by atoms with E-state index in [4.69, 9.17) is 9.47 Å². The van der Waals surface area contributed by atoms with Gasteiger partial charge in [0.15, 0.2) is 0 Å². The zero-order valence-corrected chi connectivity index (χ0v) is 20.3. The van der Waals surface area contributed by atoms with Gasteiger partial charge in [-0.05, 0) is 81.1 Å². The van der Waals surface area contributed by atoms with Gasteiger partial charge in [0.1, 0.15) is 17.3 Å². The summed E-state index contributed by atoms with van der Waals surface area (Å²) in [6.45, 7) is 9.95. The van der Waals surface area contributed by atoms with Gasteiger partial charge in [-0.2, -0.15) is 0 Å². The maximum Gasteiger partial charge on any atom is 0.131 e. The first kappa shape index (κ1) is 24.0. The van der Waals surface area contributed by atoms with E-state index >= 15 is 0 Å². The van der Waals surface area contributed by atoms with Crippen LogP contribution in [0, 0.1) is 12.7 Å². The van der Waals surface area contributed by atoms with Gasteiger partial charge in [-0.1, -0.05) is 12.1 Å². The molecule has 1 aromatic heterocycles. The first-order valence-corrected chi connectivity index (χ1v) is 12.2. The molecule has 1 aliphatic rings. The molecule has 0 spiro atoms. The lowest BCUT2D eigenvalue weighted by Crippen LogP contribution is -2.38. The monoisotopic (exact) mass is 463 g/mol. The lowest BCUT2D eigenvalue weighted by Gasteiger charge is -2.33. The molecule has 0 bridgehead atoms. The fourth-order valence-corrected chi connectivity index (χ4v) is 4.54. The van der Waals surface area contributed by atoms with E-state index in [1.807, 2.05) is 33.0 Å². The maximum atomic E-state index is 13.5. The number of pyridine rings is 1. The van der Waals surface area contributed by atoms with E-state index in [1.54, 1.807) is 12.1 Å². The Labute approximate surface area is 201 Å². The van der Waals surface area contributed by atoms with Gasteiger partial charge in [-0.15, -0.1) is 0 Å². The van der Waals surface area contributed by atoms with Gasteiger partial charge in [-0.25, -0.2) is 4.39 Å². The van der Waals surface area contributed by atoms with Crippen LogP contribution in [-0.2, 0) is 6.54 Å². The predicted molar refractivity (Wildman–Crippen MR) is 135 cm³/mol. The van der Waals surface area contributed by atoms with Gasteiger partial charge < -0.3 is 14.8 Å². The number of hydrogen-bond acceptors (Lipinski definition) is 5. The summed E-state index contributed by atoms with van der Waals surface area (Å²) in [5, 5.41) is 3.65. The Kier molecular flexibility index (Phi) is 8.01. The molecule has 1 aliphatic heterocycles. The van der Waals surface area contributed by atoms with Crippen LogP contribution in [0.4, 0.5) is 10.1 Å². The molecule has 6 heteroatoms. The van der Waals surface area contributed by atoms with Gasteiger partial charge in [0, 0.05) is 43.3 Å². The number of anilines is 1. The molecule has 180 valence electrons. The number of ether oxygens (including phenoxy) is 2. The largest absolute Gasteiger partial charge is 0.493 e. The quantitative estimate of drug-likeness (QED) is 0.417. The van der Waals surface area contributed by atoms with Gasteiger partial charge in [0.25, 0.3) is 0 Å². The van der Waals surface area contributed by atoms with E-state index in [-0.39, 0.29) is 5.82 Å². The van der Waals surface area contributed by atoms with Crippen LogP contribution in [0.5, 0.6) is 11.5 Å². The average molecular weight is 464 g/mol. The molecule has 0 unspecified atom stereocenters. The second-order valence-corrected chi connectivity index (χ2v) is 8.72. The highest BCUT2D eigenvalue weighted by atomic mass is 19.1. The van der Waals surface area contributed by atoms with Crippen LogP contribution in [0.2, 0.25) is 0 Å². The third kappa shape index (κ3) is 6.06. The summed E-state index contributed by atoms with van der Waals surface area (Å²) >= 11 is 0. The molecule has 2 aromatic carbocycles. The van der Waals surface area contributed by atoms with E-state index in [9.17, 15) is 4.39 Å². The second kappa shape index (κ2) is 11.3. The Morgan fingerprint density at radius 3 is 2.21 bits per heavy atom. The average Bonchev–Trinajstić information content (AvgIpc) is 2.82. The fourth-order valence-electron chi connectivity index (χ4n) is 4.54. The number of hydrogen-bond donors (Lipinski definition) is 1. The molecule has 0 atom stereocenters. The lowest BCUT2D eigenvalue weighted by molar-refractivity contribution is 0.210. The third-order valence-corrected chi connectivity index (χ3v) is 6.12. The molecule has 0 radical (unpaired) electrons. The number of aromatic nitrogens is 1. The number of rotatable bonds is 9. The molecule has 3 aromatic rings. The normalized spacial score (nSPS) is 14.7. The maximum absolute atomic E-state index is 13.5. The Hall–Kier alpha value is -3.12. The van der Waals surface area contributed by atoms with Crippen molar-refractivity contribution in [3.63, 3.8) is 0 Å². The summed E-state index contributed by atoms with van der Waals surface area (Å²) < 4.78 is 25.6. The Morgan fingerprint density at radius 2 is 1.62 bits per heavy atom. The van der Waals surface area contributed by atoms with Crippen LogP contribution in [0.1, 0.15) is 37.9 Å². The molecule has 1 saturated heterocycles. The summed E-state index contributed by atoms with van der Waals surface area (Å²) in [5.41, 5.74) is 5.10. The van der Waals surface area contributed by atoms with Crippen LogP contribution in [0.3, 0.4) is 0 Å². The van der Waals surface area contributed by atoms with Gasteiger partial charge >= 0.3 is 0 Å². The van der Waals surface area contributed by atoms with E-state index in [2.05, 4.69) is 33.4 Å². The smallest absolute Gasteiger partial charge is 0.131 e. The second-order valence-electron chi connectivity index (χ2n) is 8.72. The van der Waals surface area contributed by atoms with Crippen molar-refractivity contribution in [3.8, 4) is 22.6 Å². The van der Waals surface area contributed by atoms with Crippen molar-refractivity contribution in [2.75, 3.05) is 31.6 Å². The fraction of sp³-hybridized carbons (Fsp3) is 0.393. The number of likely N-dealkylation sites (tertiary alicyclic amines) is 1. The minimum Gasteiger partial charge on any atom is -0.493 e. The minimum absolute atomic E-state index is 0.256. The molecule has 4 rings (SSSR count). The van der Waals surface area contributed by atoms with Gasteiger partial charge in [0.2, 0.25) is 0 Å². The van der Waals surface area contributed by atoms with E-state index in [0.717, 1.165) is 72.0 Å². The molecule has 0 aliphatic carbocycles. The summed E-state index contributed by atoms with van der Waals surface area (Å²) in [6.07, 6.45) is 4.03. The minimum atomic E-state index is -0.256. The number of nitrogens with zero attached hydrogens (tertiary/aromatic N) is 2. The summed E-state index contributed by atoms with van der Waals surface area (Å²) in [6, 6.07) is 15.3. The van der Waals surface area contributed by atoms with Crippen LogP contribution >= 0.6 is 0 Å². The Morgan fingerprint density at radius 1 is 0.971 bits per heavy atom. The summed E-state index contributed by atoms with van der Waals surface area (Å²) in [7, 11) is 0. The summed E-state index contributed by atoms with van der Waals surface area (Å²) in [5.74, 6) is 1.30. The van der Waals surface area contributed by atoms with Crippen molar-refractivity contribution >= 4 is 5.69 Å². The van der Waals surface area contributed by atoms with Crippen molar-refractivity contribution in [3.05, 3.63) is 71.8 Å². The molecule has 0 amide bonds. The topological polar surface area (TPSA) is 46.6 Å². The molecular formula is C28H34FN3O2. The van der Waals surface area contributed by atoms with E-state index < -0.39 is 0 Å². The van der Waals surface area contributed by atoms with Crippen LogP contribution in [0.25, 0.3) is 11.1 Å². The van der Waals surface area contributed by atoms with Crippen LogP contribution in [0.15, 0.2) is 54.7 Å². The highest BCUT2D eigenvalue weighted by Gasteiger charge is 2.21. The zero-order chi connectivity index (χ0) is 23.9. The van der Waals surface area contributed by atoms with Gasteiger partial charge in [-0.3, -0.25) is 9.88 Å². The SMILES string of the molecule is CCOc1cc(CN2CCC(Nc3ccnc(C)c3)CC2)cc(OCC)c1-c1ccc(F)cc1. The number of benzene rings is 2. The van der Waals surface area contributed by atoms with E-state index in [1.165, 1.54) is 12.1 Å². The first-order valence-electron chi connectivity index (χ1n) is 12.2. The first-order chi connectivity index (χ1) is 16.6. The Balaban J connectivity index is 1.48. The van der Waals surface area contributed by atoms with Crippen molar-refractivity contribution in [1.82, 2.24) is 9.88 Å². The Bertz CT molecular complexity index is 1050. The molecule has 34 heavy (non-hydrogen) atoms. The highest BCUT2D eigenvalue weighted by molar-refractivity contribution is 5.77. The van der Waals surface area contributed by atoms with Crippen molar-refractivity contribution < 1.29 is 13.9 Å². The standard InChI is InChI=1S/C28H34FN3O2/c1-4-33-26-17-21(18-27(34-5-2)28(26)22-6-8-23(29)9-7-22)19-32-14-11-24(12-15-32)31-25-10-13-30-20(3)16-25/h6-10,13,16-18,24H,4-5,11-12,14-15,19H2,1-3H3,(H,30,31). The number of halogens is 1. The molecule has 2 heterocycles. The molecule has 1 N–H and O–H groups in total.